The van der Waals surface area contributed by atoms with E-state index < -0.39 is 17.2 Å². The maximum absolute atomic E-state index is 12.6. The third-order valence-corrected chi connectivity index (χ3v) is 3.10. The summed E-state index contributed by atoms with van der Waals surface area (Å²) in [5.41, 5.74) is -0.393. The Morgan fingerprint density at radius 2 is 2.27 bits per heavy atom. The van der Waals surface area contributed by atoms with E-state index in [1.165, 1.54) is 0 Å². The SMILES string of the molecule is O=[N+]([O-])c1ncc(I)c(C(F)F)c1CBr. The van der Waals surface area contributed by atoms with Gasteiger partial charge in [0.15, 0.2) is 6.20 Å². The number of nitro groups is 1. The Morgan fingerprint density at radius 3 is 2.67 bits per heavy atom. The van der Waals surface area contributed by atoms with E-state index in [0.29, 0.717) is 0 Å². The molecule has 0 aliphatic rings. The summed E-state index contributed by atoms with van der Waals surface area (Å²) in [6.45, 7) is 0. The van der Waals surface area contributed by atoms with Gasteiger partial charge in [0, 0.05) is 10.9 Å². The van der Waals surface area contributed by atoms with Gasteiger partial charge in [0.1, 0.15) is 0 Å². The Hall–Kier alpha value is -0.380. The Kier molecular flexibility index (Phi) is 4.32. The van der Waals surface area contributed by atoms with Crippen molar-refractivity contribution < 1.29 is 13.7 Å². The molecule has 0 radical (unpaired) electrons. The molecule has 0 saturated heterocycles. The third-order valence-electron chi connectivity index (χ3n) is 1.68. The number of halogens is 4. The molecule has 0 N–H and O–H groups in total. The van der Waals surface area contributed by atoms with Crippen molar-refractivity contribution in [2.75, 3.05) is 0 Å². The monoisotopic (exact) mass is 392 g/mol. The Balaban J connectivity index is 3.47. The zero-order valence-electron chi connectivity index (χ0n) is 7.08. The molecule has 0 unspecified atom stereocenters. The van der Waals surface area contributed by atoms with E-state index in [-0.39, 0.29) is 20.0 Å². The van der Waals surface area contributed by atoms with Crippen molar-refractivity contribution in [1.29, 1.82) is 0 Å². The van der Waals surface area contributed by atoms with Gasteiger partial charge in [0.25, 0.3) is 6.43 Å². The van der Waals surface area contributed by atoms with E-state index in [9.17, 15) is 18.9 Å². The number of alkyl halides is 3. The lowest BCUT2D eigenvalue weighted by Gasteiger charge is -2.07. The van der Waals surface area contributed by atoms with Crippen LogP contribution in [0.15, 0.2) is 6.20 Å². The van der Waals surface area contributed by atoms with Crippen molar-refractivity contribution in [3.05, 3.63) is 31.0 Å². The van der Waals surface area contributed by atoms with E-state index in [0.717, 1.165) is 6.20 Å². The number of nitrogens with zero attached hydrogens (tertiary/aromatic N) is 2. The summed E-state index contributed by atoms with van der Waals surface area (Å²) in [5.74, 6) is -0.525. The first kappa shape index (κ1) is 12.7. The van der Waals surface area contributed by atoms with E-state index >= 15 is 0 Å². The average molecular weight is 393 g/mol. The van der Waals surface area contributed by atoms with Crippen LogP contribution in [0.5, 0.6) is 0 Å². The van der Waals surface area contributed by atoms with Crippen LogP contribution in [0.25, 0.3) is 0 Å². The summed E-state index contributed by atoms with van der Waals surface area (Å²) < 4.78 is 25.5. The normalized spacial score (nSPS) is 10.7. The molecule has 0 aromatic carbocycles. The molecule has 0 fully saturated rings. The number of rotatable bonds is 3. The standard InChI is InChI=1S/C7H4BrF2IN2O2/c8-1-3-5(6(9)10)4(11)2-12-7(3)13(14)15/h2,6H,1H2. The molecule has 1 rings (SSSR count). The second-order valence-electron chi connectivity index (χ2n) is 2.51. The molecule has 15 heavy (non-hydrogen) atoms. The minimum Gasteiger partial charge on any atom is -0.358 e. The molecular formula is C7H4BrF2IN2O2. The summed E-state index contributed by atoms with van der Waals surface area (Å²) in [4.78, 5) is 13.3. The van der Waals surface area contributed by atoms with Gasteiger partial charge in [-0.3, -0.25) is 0 Å². The van der Waals surface area contributed by atoms with Gasteiger partial charge in [-0.05, 0) is 32.5 Å². The molecule has 1 aromatic rings. The van der Waals surface area contributed by atoms with E-state index in [4.69, 9.17) is 0 Å². The largest absolute Gasteiger partial charge is 0.368 e. The van der Waals surface area contributed by atoms with Gasteiger partial charge < -0.3 is 10.1 Å². The van der Waals surface area contributed by atoms with Gasteiger partial charge >= 0.3 is 5.82 Å². The van der Waals surface area contributed by atoms with Gasteiger partial charge in [-0.25, -0.2) is 8.78 Å². The molecule has 4 nitrogen and oxygen atoms in total. The van der Waals surface area contributed by atoms with Gasteiger partial charge in [-0.2, -0.15) is 0 Å². The Bertz CT molecular complexity index is 403. The predicted octanol–water partition coefficient (Wildman–Crippen LogP) is 3.43. The van der Waals surface area contributed by atoms with Crippen LogP contribution >= 0.6 is 38.5 Å². The number of aromatic nitrogens is 1. The zero-order valence-corrected chi connectivity index (χ0v) is 10.8. The molecule has 0 amide bonds. The van der Waals surface area contributed by atoms with Crippen LogP contribution in [-0.2, 0) is 5.33 Å². The third kappa shape index (κ3) is 2.60. The zero-order chi connectivity index (χ0) is 11.6. The first-order valence-electron chi connectivity index (χ1n) is 3.64. The lowest BCUT2D eigenvalue weighted by Crippen LogP contribution is -2.04. The van der Waals surface area contributed by atoms with Crippen molar-refractivity contribution in [3.8, 4) is 0 Å². The summed E-state index contributed by atoms with van der Waals surface area (Å²) in [6, 6.07) is 0. The average Bonchev–Trinajstić information content (AvgIpc) is 2.15. The van der Waals surface area contributed by atoms with Crippen molar-refractivity contribution in [3.63, 3.8) is 0 Å². The molecule has 0 atom stereocenters. The number of hydrogen-bond donors (Lipinski definition) is 0. The fourth-order valence-electron chi connectivity index (χ4n) is 1.05. The van der Waals surface area contributed by atoms with E-state index in [1.807, 2.05) is 0 Å². The topological polar surface area (TPSA) is 56.0 Å². The molecule has 0 aliphatic carbocycles. The molecule has 82 valence electrons. The second kappa shape index (κ2) is 5.10. The van der Waals surface area contributed by atoms with Crippen molar-refractivity contribution in [1.82, 2.24) is 4.98 Å². The minimum absolute atomic E-state index is 0.0210. The Labute approximate surface area is 105 Å². The second-order valence-corrected chi connectivity index (χ2v) is 4.24. The predicted molar refractivity (Wildman–Crippen MR) is 61.2 cm³/mol. The lowest BCUT2D eigenvalue weighted by molar-refractivity contribution is -0.390. The summed E-state index contributed by atoms with van der Waals surface area (Å²) in [6.07, 6.45) is -1.67. The van der Waals surface area contributed by atoms with Crippen LogP contribution in [-0.4, -0.2) is 9.91 Å². The number of pyridine rings is 1. The van der Waals surface area contributed by atoms with Gasteiger partial charge in [0.05, 0.1) is 9.13 Å². The highest BCUT2D eigenvalue weighted by Crippen LogP contribution is 2.33. The first-order chi connectivity index (χ1) is 6.99. The minimum atomic E-state index is -2.74. The fourth-order valence-corrected chi connectivity index (χ4v) is 2.31. The summed E-state index contributed by atoms with van der Waals surface area (Å²) in [5, 5.41) is 10.5. The van der Waals surface area contributed by atoms with Crippen molar-refractivity contribution in [2.24, 2.45) is 0 Å². The molecule has 1 aromatic heterocycles. The highest BCUT2D eigenvalue weighted by molar-refractivity contribution is 14.1. The van der Waals surface area contributed by atoms with Crippen molar-refractivity contribution >= 4 is 44.3 Å². The quantitative estimate of drug-likeness (QED) is 0.343. The molecule has 1 heterocycles. The summed E-state index contributed by atoms with van der Waals surface area (Å²) in [7, 11) is 0. The van der Waals surface area contributed by atoms with Crippen LogP contribution < -0.4 is 0 Å². The molecular weight excluding hydrogens is 389 g/mol. The van der Waals surface area contributed by atoms with E-state index in [1.54, 1.807) is 22.6 Å². The molecule has 0 spiro atoms. The molecule has 0 bridgehead atoms. The van der Waals surface area contributed by atoms with Crippen molar-refractivity contribution in [2.45, 2.75) is 11.8 Å². The maximum Gasteiger partial charge on any atom is 0.368 e. The van der Waals surface area contributed by atoms with Crippen LogP contribution in [0.4, 0.5) is 14.6 Å². The Morgan fingerprint density at radius 1 is 1.67 bits per heavy atom. The highest BCUT2D eigenvalue weighted by atomic mass is 127. The van der Waals surface area contributed by atoms with Crippen LogP contribution in [0.2, 0.25) is 0 Å². The summed E-state index contributed by atoms with van der Waals surface area (Å²) >= 11 is 4.63. The molecule has 0 aliphatic heterocycles. The molecule has 0 saturated carbocycles. The van der Waals surface area contributed by atoms with Gasteiger partial charge in [0.2, 0.25) is 0 Å². The van der Waals surface area contributed by atoms with E-state index in [2.05, 4.69) is 20.9 Å². The lowest BCUT2D eigenvalue weighted by atomic mass is 10.1. The van der Waals surface area contributed by atoms with Gasteiger partial charge in [-0.1, -0.05) is 15.9 Å². The highest BCUT2D eigenvalue weighted by Gasteiger charge is 2.26. The smallest absolute Gasteiger partial charge is 0.358 e. The van der Waals surface area contributed by atoms with Gasteiger partial charge in [-0.15, -0.1) is 0 Å². The van der Waals surface area contributed by atoms with Crippen LogP contribution in [0, 0.1) is 13.7 Å². The number of hydrogen-bond acceptors (Lipinski definition) is 3. The van der Waals surface area contributed by atoms with Crippen LogP contribution in [0.3, 0.4) is 0 Å². The fraction of sp³-hybridized carbons (Fsp3) is 0.286. The maximum atomic E-state index is 12.6. The molecule has 8 heteroatoms. The van der Waals surface area contributed by atoms with Crippen LogP contribution in [0.1, 0.15) is 17.6 Å². The first-order valence-corrected chi connectivity index (χ1v) is 5.84.